The Hall–Kier alpha value is -0.800. The van der Waals surface area contributed by atoms with Crippen LogP contribution in [0.15, 0.2) is 18.5 Å². The monoisotopic (exact) mass is 196 g/mol. The Bertz CT molecular complexity index is 256. The van der Waals surface area contributed by atoms with Crippen molar-refractivity contribution in [3.05, 3.63) is 24.0 Å². The van der Waals surface area contributed by atoms with Crippen molar-refractivity contribution >= 4 is 0 Å². The van der Waals surface area contributed by atoms with Gasteiger partial charge in [-0.2, -0.15) is 0 Å². The van der Waals surface area contributed by atoms with Gasteiger partial charge in [-0.3, -0.25) is 0 Å². The van der Waals surface area contributed by atoms with E-state index in [1.165, 1.54) is 5.56 Å². The normalized spacial score (nSPS) is 13.1. The van der Waals surface area contributed by atoms with E-state index < -0.39 is 0 Å². The van der Waals surface area contributed by atoms with Gasteiger partial charge in [-0.1, -0.05) is 6.92 Å². The van der Waals surface area contributed by atoms with E-state index in [9.17, 15) is 0 Å². The molecule has 0 aliphatic carbocycles. The summed E-state index contributed by atoms with van der Waals surface area (Å²) >= 11 is 0. The van der Waals surface area contributed by atoms with Gasteiger partial charge in [-0.25, -0.2) is 0 Å². The van der Waals surface area contributed by atoms with Crippen LogP contribution in [-0.4, -0.2) is 22.3 Å². The Kier molecular flexibility index (Phi) is 4.70. The van der Waals surface area contributed by atoms with Gasteiger partial charge in [0.2, 0.25) is 0 Å². The molecule has 1 aromatic rings. The third kappa shape index (κ3) is 3.94. The van der Waals surface area contributed by atoms with Crippen molar-refractivity contribution in [1.29, 1.82) is 0 Å². The summed E-state index contributed by atoms with van der Waals surface area (Å²) in [6, 6.07) is 2.12. The fourth-order valence-corrected chi connectivity index (χ4v) is 1.34. The molecule has 1 rings (SSSR count). The zero-order chi connectivity index (χ0) is 10.4. The van der Waals surface area contributed by atoms with E-state index in [-0.39, 0.29) is 6.10 Å². The van der Waals surface area contributed by atoms with Crippen LogP contribution in [0.3, 0.4) is 0 Å². The lowest BCUT2D eigenvalue weighted by atomic mass is 10.3. The van der Waals surface area contributed by atoms with Crippen LogP contribution in [0.1, 0.15) is 25.8 Å². The second-order valence-corrected chi connectivity index (χ2v) is 3.68. The zero-order valence-electron chi connectivity index (χ0n) is 9.03. The number of aliphatic hydroxyl groups excluding tert-OH is 1. The lowest BCUT2D eigenvalue weighted by molar-refractivity contribution is 0.178. The minimum Gasteiger partial charge on any atom is -0.393 e. The van der Waals surface area contributed by atoms with Crippen molar-refractivity contribution in [2.45, 2.75) is 39.5 Å². The molecule has 0 fully saturated rings. The van der Waals surface area contributed by atoms with Crippen LogP contribution in [0.4, 0.5) is 0 Å². The molecular formula is C11H20N2O. The molecule has 0 aromatic carbocycles. The molecule has 0 aliphatic heterocycles. The number of hydrogen-bond donors (Lipinski definition) is 2. The van der Waals surface area contributed by atoms with Crippen molar-refractivity contribution in [3.63, 3.8) is 0 Å². The number of rotatable bonds is 6. The summed E-state index contributed by atoms with van der Waals surface area (Å²) in [5.41, 5.74) is 1.30. The van der Waals surface area contributed by atoms with Gasteiger partial charge >= 0.3 is 0 Å². The Labute approximate surface area is 85.7 Å². The first-order chi connectivity index (χ1) is 6.72. The van der Waals surface area contributed by atoms with Gasteiger partial charge in [0.25, 0.3) is 0 Å². The van der Waals surface area contributed by atoms with Crippen LogP contribution in [0, 0.1) is 0 Å². The molecule has 3 nitrogen and oxygen atoms in total. The first-order valence-corrected chi connectivity index (χ1v) is 5.25. The molecule has 0 amide bonds. The molecule has 14 heavy (non-hydrogen) atoms. The molecule has 0 saturated heterocycles. The lowest BCUT2D eigenvalue weighted by Gasteiger charge is -2.04. The molecular weight excluding hydrogens is 176 g/mol. The van der Waals surface area contributed by atoms with E-state index in [4.69, 9.17) is 5.11 Å². The molecule has 2 N–H and O–H groups in total. The SMILES string of the molecule is CCNCc1ccn(CCC(C)O)c1. The summed E-state index contributed by atoms with van der Waals surface area (Å²) in [6.45, 7) is 6.74. The molecule has 0 bridgehead atoms. The fraction of sp³-hybridized carbons (Fsp3) is 0.636. The number of aromatic nitrogens is 1. The van der Waals surface area contributed by atoms with E-state index in [0.29, 0.717) is 0 Å². The third-order valence-corrected chi connectivity index (χ3v) is 2.20. The highest BCUT2D eigenvalue weighted by molar-refractivity contribution is 5.09. The predicted octanol–water partition coefficient (Wildman–Crippen LogP) is 1.37. The highest BCUT2D eigenvalue weighted by Gasteiger charge is 1.98. The topological polar surface area (TPSA) is 37.2 Å². The lowest BCUT2D eigenvalue weighted by Crippen LogP contribution is -2.11. The van der Waals surface area contributed by atoms with E-state index in [1.54, 1.807) is 0 Å². The van der Waals surface area contributed by atoms with Crippen LogP contribution in [0.5, 0.6) is 0 Å². The second kappa shape index (κ2) is 5.83. The van der Waals surface area contributed by atoms with Gasteiger partial charge in [0.05, 0.1) is 6.10 Å². The van der Waals surface area contributed by atoms with E-state index >= 15 is 0 Å². The Morgan fingerprint density at radius 2 is 2.36 bits per heavy atom. The summed E-state index contributed by atoms with van der Waals surface area (Å²) in [5, 5.41) is 12.4. The first kappa shape index (κ1) is 11.3. The van der Waals surface area contributed by atoms with Crippen LogP contribution < -0.4 is 5.32 Å². The highest BCUT2D eigenvalue weighted by Crippen LogP contribution is 2.03. The molecule has 0 spiro atoms. The van der Waals surface area contributed by atoms with Gasteiger partial charge in [-0.15, -0.1) is 0 Å². The number of nitrogens with one attached hydrogen (secondary N) is 1. The molecule has 0 aliphatic rings. The minimum absolute atomic E-state index is 0.213. The van der Waals surface area contributed by atoms with E-state index in [0.717, 1.165) is 26.1 Å². The molecule has 3 heteroatoms. The maximum absolute atomic E-state index is 9.14. The molecule has 1 heterocycles. The fourth-order valence-electron chi connectivity index (χ4n) is 1.34. The van der Waals surface area contributed by atoms with Crippen molar-refractivity contribution in [1.82, 2.24) is 9.88 Å². The summed E-state index contributed by atoms with van der Waals surface area (Å²) in [4.78, 5) is 0. The number of aliphatic hydroxyl groups is 1. The summed E-state index contributed by atoms with van der Waals surface area (Å²) in [6.07, 6.45) is 4.80. The maximum Gasteiger partial charge on any atom is 0.0529 e. The van der Waals surface area contributed by atoms with Crippen LogP contribution in [0.25, 0.3) is 0 Å². The molecule has 1 atom stereocenters. The molecule has 0 radical (unpaired) electrons. The summed E-state index contributed by atoms with van der Waals surface area (Å²) in [5.74, 6) is 0. The zero-order valence-corrected chi connectivity index (χ0v) is 9.03. The van der Waals surface area contributed by atoms with Gasteiger partial charge in [0.1, 0.15) is 0 Å². The van der Waals surface area contributed by atoms with Crippen LogP contribution in [-0.2, 0) is 13.1 Å². The van der Waals surface area contributed by atoms with Crippen molar-refractivity contribution < 1.29 is 5.11 Å². The smallest absolute Gasteiger partial charge is 0.0529 e. The van der Waals surface area contributed by atoms with Crippen molar-refractivity contribution in [3.8, 4) is 0 Å². The standard InChI is InChI=1S/C11H20N2O/c1-3-12-8-11-5-7-13(9-11)6-4-10(2)14/h5,7,9-10,12,14H,3-4,6,8H2,1-2H3. The Morgan fingerprint density at radius 1 is 1.57 bits per heavy atom. The van der Waals surface area contributed by atoms with Gasteiger partial charge in [0, 0.05) is 25.5 Å². The van der Waals surface area contributed by atoms with E-state index in [1.807, 2.05) is 6.92 Å². The Balaban J connectivity index is 2.35. The van der Waals surface area contributed by atoms with Gasteiger partial charge in [0.15, 0.2) is 0 Å². The average Bonchev–Trinajstić information content (AvgIpc) is 2.59. The van der Waals surface area contributed by atoms with Gasteiger partial charge in [-0.05, 0) is 31.5 Å². The number of nitrogens with zero attached hydrogens (tertiary/aromatic N) is 1. The molecule has 1 unspecified atom stereocenters. The maximum atomic E-state index is 9.14. The van der Waals surface area contributed by atoms with Crippen molar-refractivity contribution in [2.24, 2.45) is 0 Å². The summed E-state index contributed by atoms with van der Waals surface area (Å²) in [7, 11) is 0. The molecule has 0 saturated carbocycles. The van der Waals surface area contributed by atoms with Crippen LogP contribution in [0.2, 0.25) is 0 Å². The summed E-state index contributed by atoms with van der Waals surface area (Å²) < 4.78 is 2.12. The number of aryl methyl sites for hydroxylation is 1. The molecule has 80 valence electrons. The molecule has 1 aromatic heterocycles. The minimum atomic E-state index is -0.213. The van der Waals surface area contributed by atoms with E-state index in [2.05, 4.69) is 35.3 Å². The largest absolute Gasteiger partial charge is 0.393 e. The number of hydrogen-bond acceptors (Lipinski definition) is 2. The quantitative estimate of drug-likeness (QED) is 0.721. The van der Waals surface area contributed by atoms with Gasteiger partial charge < -0.3 is 15.0 Å². The first-order valence-electron chi connectivity index (χ1n) is 5.25. The average molecular weight is 196 g/mol. The predicted molar refractivity (Wildman–Crippen MR) is 58.1 cm³/mol. The van der Waals surface area contributed by atoms with Crippen molar-refractivity contribution in [2.75, 3.05) is 6.54 Å². The second-order valence-electron chi connectivity index (χ2n) is 3.68. The van der Waals surface area contributed by atoms with Crippen LogP contribution >= 0.6 is 0 Å². The highest BCUT2D eigenvalue weighted by atomic mass is 16.3. The third-order valence-electron chi connectivity index (χ3n) is 2.20. The Morgan fingerprint density at radius 3 is 3.00 bits per heavy atom.